The average Bonchev–Trinajstić information content (AvgIpc) is 2.33. The lowest BCUT2D eigenvalue weighted by atomic mass is 10.1. The monoisotopic (exact) mass is 378 g/mol. The van der Waals surface area contributed by atoms with Gasteiger partial charge in [0.25, 0.3) is 9.05 Å². The van der Waals surface area contributed by atoms with Gasteiger partial charge in [0.1, 0.15) is 5.56 Å². The summed E-state index contributed by atoms with van der Waals surface area (Å²) in [7, 11) is -1.00. The van der Waals surface area contributed by atoms with E-state index >= 15 is 0 Å². The van der Waals surface area contributed by atoms with Crippen molar-refractivity contribution in [2.45, 2.75) is 10.8 Å². The van der Waals surface area contributed by atoms with Crippen molar-refractivity contribution in [1.29, 1.82) is 0 Å². The average molecular weight is 379 g/mol. The van der Waals surface area contributed by atoms with Crippen LogP contribution < -0.4 is 0 Å². The number of halogens is 10. The van der Waals surface area contributed by atoms with Gasteiger partial charge in [-0.05, 0) is 0 Å². The first-order valence-electron chi connectivity index (χ1n) is 4.64. The Hall–Kier alpha value is -1.43. The molecule has 22 heavy (non-hydrogen) atoms. The minimum atomic E-state index is -5.80. The molecule has 0 bridgehead atoms. The minimum absolute atomic E-state index is 2.46. The molecule has 0 amide bonds. The Morgan fingerprint density at radius 3 is 1.50 bits per heavy atom. The predicted octanol–water partition coefficient (Wildman–Crippen LogP) is 4.34. The highest BCUT2D eigenvalue weighted by atomic mass is 35.7. The van der Waals surface area contributed by atoms with Crippen molar-refractivity contribution in [2.24, 2.45) is 0 Å². The lowest BCUT2D eigenvalue weighted by Crippen LogP contribution is -2.23. The molecular weight excluding hydrogens is 379 g/mol. The summed E-state index contributed by atoms with van der Waals surface area (Å²) < 4.78 is 137. The molecule has 0 saturated carbocycles. The molecule has 124 valence electrons. The highest BCUT2D eigenvalue weighted by molar-refractivity contribution is 8.13. The zero-order valence-electron chi connectivity index (χ0n) is 9.50. The van der Waals surface area contributed by atoms with Crippen LogP contribution in [0.25, 0.3) is 0 Å². The van der Waals surface area contributed by atoms with Gasteiger partial charge in [0.2, 0.25) is 5.83 Å². The van der Waals surface area contributed by atoms with E-state index in [0.717, 1.165) is 0 Å². The molecule has 2 nitrogen and oxygen atoms in total. The molecule has 0 radical (unpaired) electrons. The summed E-state index contributed by atoms with van der Waals surface area (Å²) in [5, 5.41) is 0. The summed E-state index contributed by atoms with van der Waals surface area (Å²) in [6, 6.07) is 0. The summed E-state index contributed by atoms with van der Waals surface area (Å²) in [6.07, 6.45) is -3.71. The Labute approximate surface area is 120 Å². The molecule has 0 N–H and O–H groups in total. The van der Waals surface area contributed by atoms with Gasteiger partial charge < -0.3 is 0 Å². The Balaban J connectivity index is 3.95. The van der Waals surface area contributed by atoms with E-state index in [9.17, 15) is 47.9 Å². The van der Waals surface area contributed by atoms with Crippen LogP contribution in [-0.4, -0.2) is 8.42 Å². The van der Waals surface area contributed by atoms with E-state index < -0.39 is 60.6 Å². The number of hydrogen-bond donors (Lipinski definition) is 0. The Morgan fingerprint density at radius 1 is 0.864 bits per heavy atom. The van der Waals surface area contributed by atoms with Gasteiger partial charge in [-0.2, -0.15) is 22.0 Å². The van der Waals surface area contributed by atoms with Crippen LogP contribution in [0.4, 0.5) is 39.5 Å². The van der Waals surface area contributed by atoms with Gasteiger partial charge in [-0.25, -0.2) is 26.0 Å². The minimum Gasteiger partial charge on any atom is -0.207 e. The molecule has 0 heterocycles. The summed E-state index contributed by atoms with van der Waals surface area (Å²) in [6.45, 7) is 0. The van der Waals surface area contributed by atoms with Crippen molar-refractivity contribution in [2.75, 3.05) is 0 Å². The van der Waals surface area contributed by atoms with Crippen LogP contribution >= 0.6 is 10.7 Å². The molecule has 0 aliphatic carbocycles. The number of alkyl halides is 2. The second-order valence-corrected chi connectivity index (χ2v) is 6.05. The molecule has 0 unspecified atom stereocenters. The van der Waals surface area contributed by atoms with E-state index in [1.54, 1.807) is 0 Å². The molecule has 0 aromatic heterocycles. The Morgan fingerprint density at radius 2 is 1.23 bits per heavy atom. The molecule has 1 aromatic carbocycles. The third kappa shape index (κ3) is 2.89. The highest BCUT2D eigenvalue weighted by Crippen LogP contribution is 2.44. The van der Waals surface area contributed by atoms with Crippen molar-refractivity contribution in [1.82, 2.24) is 0 Å². The van der Waals surface area contributed by atoms with Gasteiger partial charge in [-0.3, -0.25) is 0 Å². The third-order valence-electron chi connectivity index (χ3n) is 2.22. The first-order chi connectivity index (χ1) is 9.74. The normalized spacial score (nSPS) is 12.5. The number of rotatable bonds is 3. The fraction of sp³-hybridized carbons (Fsp3) is 0.111. The van der Waals surface area contributed by atoms with E-state index in [-0.39, 0.29) is 0 Å². The van der Waals surface area contributed by atoms with E-state index in [0.29, 0.717) is 0 Å². The number of allylic oxidation sites excluding steroid dienone is 1. The van der Waals surface area contributed by atoms with Crippen LogP contribution in [0.5, 0.6) is 0 Å². The second-order valence-electron chi connectivity index (χ2n) is 3.55. The number of benzene rings is 1. The number of hydrogen-bond acceptors (Lipinski definition) is 2. The quantitative estimate of drug-likeness (QED) is 0.445. The van der Waals surface area contributed by atoms with Crippen LogP contribution in [0.3, 0.4) is 0 Å². The fourth-order valence-corrected chi connectivity index (χ4v) is 2.34. The summed E-state index contributed by atoms with van der Waals surface area (Å²) >= 11 is 0. The van der Waals surface area contributed by atoms with E-state index in [1.165, 1.54) is 0 Å². The maximum Gasteiger partial charge on any atom is 0.335 e. The van der Waals surface area contributed by atoms with Gasteiger partial charge in [0, 0.05) is 10.7 Å². The molecule has 0 aliphatic rings. The van der Waals surface area contributed by atoms with Crippen LogP contribution in [0.2, 0.25) is 0 Å². The first-order valence-corrected chi connectivity index (χ1v) is 6.95. The van der Waals surface area contributed by atoms with Gasteiger partial charge >= 0.3 is 12.0 Å². The molecule has 1 aromatic rings. The fourth-order valence-electron chi connectivity index (χ4n) is 1.33. The maximum atomic E-state index is 13.3. The van der Waals surface area contributed by atoms with Crippen LogP contribution in [0.1, 0.15) is 5.56 Å². The molecule has 0 atom stereocenters. The van der Waals surface area contributed by atoms with Crippen molar-refractivity contribution < 1.29 is 47.9 Å². The van der Waals surface area contributed by atoms with E-state index in [2.05, 4.69) is 10.7 Å². The topological polar surface area (TPSA) is 34.1 Å². The van der Waals surface area contributed by atoms with Crippen LogP contribution in [-0.2, 0) is 15.0 Å². The Bertz CT molecular complexity index is 739. The maximum absolute atomic E-state index is 13.3. The zero-order chi connectivity index (χ0) is 17.6. The second kappa shape index (κ2) is 5.65. The molecule has 0 saturated heterocycles. The molecular formula is C9ClF9O2S. The van der Waals surface area contributed by atoms with Crippen molar-refractivity contribution in [3.05, 3.63) is 40.7 Å². The van der Waals surface area contributed by atoms with E-state index in [4.69, 9.17) is 0 Å². The SMILES string of the molecule is O=S(=O)(Cl)c1c(F)c(F)c(C(F)(F)C(F)=C(F)F)c(F)c1F. The highest BCUT2D eigenvalue weighted by Gasteiger charge is 2.49. The Kier molecular flexibility index (Phi) is 4.78. The van der Waals surface area contributed by atoms with Crippen LogP contribution in [0, 0.1) is 23.3 Å². The third-order valence-corrected chi connectivity index (χ3v) is 3.53. The standard InChI is InChI=1S/C9ClF9O2S/c10-22(20,21)6-4(13)2(11)1(3(12)5(6)14)9(18,19)7(15)8(16)17. The summed E-state index contributed by atoms with van der Waals surface area (Å²) in [4.78, 5) is -2.46. The molecule has 1 rings (SSSR count). The lowest BCUT2D eigenvalue weighted by molar-refractivity contribution is -0.00256. The summed E-state index contributed by atoms with van der Waals surface area (Å²) in [5.74, 6) is -21.5. The van der Waals surface area contributed by atoms with Crippen molar-refractivity contribution in [3.63, 3.8) is 0 Å². The van der Waals surface area contributed by atoms with Crippen LogP contribution in [0.15, 0.2) is 16.8 Å². The van der Waals surface area contributed by atoms with Gasteiger partial charge in [0.05, 0.1) is 0 Å². The van der Waals surface area contributed by atoms with Crippen molar-refractivity contribution in [3.8, 4) is 0 Å². The molecule has 0 aliphatic heterocycles. The largest absolute Gasteiger partial charge is 0.335 e. The van der Waals surface area contributed by atoms with E-state index in [1.807, 2.05) is 0 Å². The van der Waals surface area contributed by atoms with Gasteiger partial charge in [-0.1, -0.05) is 0 Å². The molecule has 0 fully saturated rings. The zero-order valence-corrected chi connectivity index (χ0v) is 11.1. The van der Waals surface area contributed by atoms with Gasteiger partial charge in [-0.15, -0.1) is 0 Å². The smallest absolute Gasteiger partial charge is 0.207 e. The first kappa shape index (κ1) is 18.6. The van der Waals surface area contributed by atoms with Gasteiger partial charge in [0.15, 0.2) is 28.2 Å². The molecule has 0 spiro atoms. The lowest BCUT2D eigenvalue weighted by Gasteiger charge is -2.17. The molecule has 13 heteroatoms. The summed E-state index contributed by atoms with van der Waals surface area (Å²) in [5.41, 5.74) is -3.07. The van der Waals surface area contributed by atoms with Crippen molar-refractivity contribution >= 4 is 19.7 Å². The predicted molar refractivity (Wildman–Crippen MR) is 53.6 cm³/mol.